The normalized spacial score (nSPS) is 11.4. The third-order valence-electron chi connectivity index (χ3n) is 2.02. The standard InChI is InChI=1S/C10H9BrN2O2S2/c11-9-5-7(12)1-2-10(9)17(14,15)13-8-3-4-16-6-8/h1-6,13H,12H2. The number of sulfonamides is 1. The number of thiophene rings is 1. The van der Waals surface area contributed by atoms with E-state index in [-0.39, 0.29) is 4.90 Å². The Labute approximate surface area is 112 Å². The molecule has 1 aromatic carbocycles. The van der Waals surface area contributed by atoms with Crippen molar-refractivity contribution < 1.29 is 8.42 Å². The van der Waals surface area contributed by atoms with Crippen LogP contribution < -0.4 is 10.5 Å². The van der Waals surface area contributed by atoms with Crippen LogP contribution in [0.1, 0.15) is 0 Å². The highest BCUT2D eigenvalue weighted by Crippen LogP contribution is 2.26. The van der Waals surface area contributed by atoms with Crippen LogP contribution in [0.25, 0.3) is 0 Å². The minimum absolute atomic E-state index is 0.165. The van der Waals surface area contributed by atoms with Gasteiger partial charge in [0.05, 0.1) is 5.69 Å². The van der Waals surface area contributed by atoms with E-state index in [9.17, 15) is 8.42 Å². The smallest absolute Gasteiger partial charge is 0.263 e. The number of nitrogens with two attached hydrogens (primary N) is 1. The van der Waals surface area contributed by atoms with Crippen molar-refractivity contribution in [3.63, 3.8) is 0 Å². The molecule has 0 saturated heterocycles. The first kappa shape index (κ1) is 12.4. The molecule has 0 aliphatic rings. The lowest BCUT2D eigenvalue weighted by Crippen LogP contribution is -2.13. The van der Waals surface area contributed by atoms with Crippen LogP contribution in [0.4, 0.5) is 11.4 Å². The Morgan fingerprint density at radius 1 is 1.29 bits per heavy atom. The lowest BCUT2D eigenvalue weighted by Gasteiger charge is -2.08. The van der Waals surface area contributed by atoms with E-state index in [1.807, 2.05) is 0 Å². The van der Waals surface area contributed by atoms with Gasteiger partial charge >= 0.3 is 0 Å². The van der Waals surface area contributed by atoms with Gasteiger partial charge in [-0.05, 0) is 45.6 Å². The molecule has 0 aliphatic carbocycles. The maximum Gasteiger partial charge on any atom is 0.263 e. The number of hydrogen-bond acceptors (Lipinski definition) is 4. The first-order valence-electron chi connectivity index (χ1n) is 4.59. The molecule has 0 aliphatic heterocycles. The molecule has 0 radical (unpaired) electrons. The molecule has 0 atom stereocenters. The summed E-state index contributed by atoms with van der Waals surface area (Å²) in [4.78, 5) is 0.165. The van der Waals surface area contributed by atoms with E-state index in [0.29, 0.717) is 15.8 Å². The van der Waals surface area contributed by atoms with Crippen LogP contribution in [-0.4, -0.2) is 8.42 Å². The number of benzene rings is 1. The van der Waals surface area contributed by atoms with Gasteiger partial charge in [-0.1, -0.05) is 0 Å². The van der Waals surface area contributed by atoms with Crippen molar-refractivity contribution in [2.75, 3.05) is 10.5 Å². The van der Waals surface area contributed by atoms with Gasteiger partial charge < -0.3 is 5.73 Å². The predicted octanol–water partition coefficient (Wildman–Crippen LogP) is 2.89. The quantitative estimate of drug-likeness (QED) is 0.849. The van der Waals surface area contributed by atoms with Crippen LogP contribution in [0.3, 0.4) is 0 Å². The van der Waals surface area contributed by atoms with Gasteiger partial charge in [0.2, 0.25) is 0 Å². The van der Waals surface area contributed by atoms with Crippen LogP contribution in [0, 0.1) is 0 Å². The van der Waals surface area contributed by atoms with Crippen molar-refractivity contribution in [1.29, 1.82) is 0 Å². The van der Waals surface area contributed by atoms with E-state index in [0.717, 1.165) is 0 Å². The number of rotatable bonds is 3. The zero-order valence-electron chi connectivity index (χ0n) is 8.55. The Balaban J connectivity index is 2.38. The second-order valence-electron chi connectivity index (χ2n) is 3.31. The molecule has 0 amide bonds. The van der Waals surface area contributed by atoms with Crippen molar-refractivity contribution in [1.82, 2.24) is 0 Å². The minimum Gasteiger partial charge on any atom is -0.399 e. The lowest BCUT2D eigenvalue weighted by molar-refractivity contribution is 0.601. The van der Waals surface area contributed by atoms with Gasteiger partial charge in [0.15, 0.2) is 0 Å². The predicted molar refractivity (Wildman–Crippen MR) is 73.7 cm³/mol. The third-order valence-corrected chi connectivity index (χ3v) is 5.06. The summed E-state index contributed by atoms with van der Waals surface area (Å²) in [5.74, 6) is 0. The maximum absolute atomic E-state index is 12.1. The number of anilines is 2. The highest BCUT2D eigenvalue weighted by atomic mass is 79.9. The highest BCUT2D eigenvalue weighted by Gasteiger charge is 2.17. The summed E-state index contributed by atoms with van der Waals surface area (Å²) >= 11 is 4.61. The summed E-state index contributed by atoms with van der Waals surface area (Å²) < 4.78 is 27.0. The van der Waals surface area contributed by atoms with Crippen molar-refractivity contribution in [2.45, 2.75) is 4.90 Å². The maximum atomic E-state index is 12.1. The first-order chi connectivity index (χ1) is 7.99. The highest BCUT2D eigenvalue weighted by molar-refractivity contribution is 9.10. The molecule has 0 fully saturated rings. The fraction of sp³-hybridized carbons (Fsp3) is 0. The summed E-state index contributed by atoms with van der Waals surface area (Å²) in [6.45, 7) is 0. The van der Waals surface area contributed by atoms with Crippen LogP contribution in [0.2, 0.25) is 0 Å². The molecule has 2 aromatic rings. The summed E-state index contributed by atoms with van der Waals surface area (Å²) in [7, 11) is -3.58. The number of halogens is 1. The summed E-state index contributed by atoms with van der Waals surface area (Å²) in [5, 5.41) is 3.53. The molecular formula is C10H9BrN2O2S2. The molecule has 2 rings (SSSR count). The van der Waals surface area contributed by atoms with E-state index in [2.05, 4.69) is 20.7 Å². The zero-order valence-corrected chi connectivity index (χ0v) is 11.8. The largest absolute Gasteiger partial charge is 0.399 e. The topological polar surface area (TPSA) is 72.2 Å². The van der Waals surface area contributed by atoms with Gasteiger partial charge in [-0.2, -0.15) is 11.3 Å². The van der Waals surface area contributed by atoms with E-state index in [1.165, 1.54) is 17.4 Å². The molecule has 3 N–H and O–H groups in total. The monoisotopic (exact) mass is 332 g/mol. The van der Waals surface area contributed by atoms with Gasteiger partial charge in [-0.15, -0.1) is 0 Å². The summed E-state index contributed by atoms with van der Waals surface area (Å²) in [5.41, 5.74) is 6.62. The van der Waals surface area contributed by atoms with Gasteiger partial charge in [0.1, 0.15) is 4.90 Å². The van der Waals surface area contributed by atoms with Crippen molar-refractivity contribution in [3.8, 4) is 0 Å². The molecule has 7 heteroatoms. The van der Waals surface area contributed by atoms with Crippen LogP contribution >= 0.6 is 27.3 Å². The average molecular weight is 333 g/mol. The fourth-order valence-corrected chi connectivity index (χ4v) is 4.08. The number of hydrogen-bond donors (Lipinski definition) is 2. The molecule has 17 heavy (non-hydrogen) atoms. The number of nitrogen functional groups attached to an aromatic ring is 1. The third kappa shape index (κ3) is 2.80. The Kier molecular flexibility index (Phi) is 3.41. The Morgan fingerprint density at radius 3 is 2.65 bits per heavy atom. The molecule has 0 bridgehead atoms. The van der Waals surface area contributed by atoms with Crippen molar-refractivity contribution in [2.24, 2.45) is 0 Å². The van der Waals surface area contributed by atoms with Crippen LogP contribution in [0.5, 0.6) is 0 Å². The molecule has 0 unspecified atom stereocenters. The van der Waals surface area contributed by atoms with Gasteiger partial charge in [0.25, 0.3) is 10.0 Å². The van der Waals surface area contributed by atoms with Crippen molar-refractivity contribution >= 4 is 48.7 Å². The molecule has 0 saturated carbocycles. The molecular weight excluding hydrogens is 324 g/mol. The van der Waals surface area contributed by atoms with E-state index in [4.69, 9.17) is 5.73 Å². The van der Waals surface area contributed by atoms with E-state index in [1.54, 1.807) is 29.0 Å². The Hall–Kier alpha value is -1.05. The van der Waals surface area contributed by atoms with E-state index < -0.39 is 10.0 Å². The van der Waals surface area contributed by atoms with Gasteiger partial charge in [-0.3, -0.25) is 4.72 Å². The average Bonchev–Trinajstić information content (AvgIpc) is 2.68. The Bertz CT molecular complexity index is 624. The SMILES string of the molecule is Nc1ccc(S(=O)(=O)Nc2ccsc2)c(Br)c1. The van der Waals surface area contributed by atoms with E-state index >= 15 is 0 Å². The van der Waals surface area contributed by atoms with Gasteiger partial charge in [-0.25, -0.2) is 8.42 Å². The molecule has 1 aromatic heterocycles. The molecule has 90 valence electrons. The first-order valence-corrected chi connectivity index (χ1v) is 7.81. The summed E-state index contributed by atoms with van der Waals surface area (Å²) in [6.07, 6.45) is 0. The van der Waals surface area contributed by atoms with Crippen LogP contribution in [0.15, 0.2) is 44.4 Å². The molecule has 4 nitrogen and oxygen atoms in total. The summed E-state index contributed by atoms with van der Waals surface area (Å²) in [6, 6.07) is 6.27. The zero-order chi connectivity index (χ0) is 12.5. The molecule has 0 spiro atoms. The van der Waals surface area contributed by atoms with Crippen molar-refractivity contribution in [3.05, 3.63) is 39.5 Å². The second-order valence-corrected chi connectivity index (χ2v) is 6.59. The Morgan fingerprint density at radius 2 is 2.06 bits per heavy atom. The second kappa shape index (κ2) is 4.67. The number of nitrogens with one attached hydrogen (secondary N) is 1. The minimum atomic E-state index is -3.58. The lowest BCUT2D eigenvalue weighted by atomic mass is 10.3. The van der Waals surface area contributed by atoms with Gasteiger partial charge in [0, 0.05) is 15.5 Å². The fourth-order valence-electron chi connectivity index (χ4n) is 1.27. The van der Waals surface area contributed by atoms with Crippen LogP contribution in [-0.2, 0) is 10.0 Å². The molecule has 1 heterocycles.